The Labute approximate surface area is 157 Å². The Morgan fingerprint density at radius 2 is 1.78 bits per heavy atom. The molecule has 2 amide bonds. The fraction of sp³-hybridized carbons (Fsp3) is 0.143. The van der Waals surface area contributed by atoms with E-state index < -0.39 is 0 Å². The molecule has 2 N–H and O–H groups in total. The van der Waals surface area contributed by atoms with Crippen molar-refractivity contribution in [3.63, 3.8) is 0 Å². The molecule has 6 nitrogen and oxygen atoms in total. The van der Waals surface area contributed by atoms with E-state index in [-0.39, 0.29) is 18.2 Å². The van der Waals surface area contributed by atoms with E-state index in [1.807, 2.05) is 36.4 Å². The van der Waals surface area contributed by atoms with Crippen LogP contribution in [-0.4, -0.2) is 21.8 Å². The van der Waals surface area contributed by atoms with Crippen LogP contribution >= 0.6 is 0 Å². The molecular formula is C21H20N4O2. The molecule has 1 aromatic carbocycles. The number of anilines is 1. The first-order valence-corrected chi connectivity index (χ1v) is 8.59. The average molecular weight is 360 g/mol. The molecule has 0 aliphatic heterocycles. The Morgan fingerprint density at radius 1 is 1.00 bits per heavy atom. The van der Waals surface area contributed by atoms with E-state index in [2.05, 4.69) is 20.6 Å². The zero-order chi connectivity index (χ0) is 19.1. The molecule has 3 aromatic rings. The number of nitrogens with zero attached hydrogens (tertiary/aromatic N) is 2. The Hall–Kier alpha value is -3.54. The van der Waals surface area contributed by atoms with Crippen molar-refractivity contribution < 1.29 is 9.59 Å². The van der Waals surface area contributed by atoms with Crippen molar-refractivity contribution >= 4 is 17.5 Å². The SMILES string of the molecule is CC(=O)Nc1ccc(CC(=O)NCc2cccnc2-c2cccnc2)cc1. The molecule has 3 rings (SSSR count). The molecule has 0 unspecified atom stereocenters. The van der Waals surface area contributed by atoms with Crippen molar-refractivity contribution in [1.29, 1.82) is 0 Å². The summed E-state index contributed by atoms with van der Waals surface area (Å²) >= 11 is 0. The summed E-state index contributed by atoms with van der Waals surface area (Å²) in [6.07, 6.45) is 5.46. The van der Waals surface area contributed by atoms with E-state index in [0.29, 0.717) is 12.2 Å². The summed E-state index contributed by atoms with van der Waals surface area (Å²) < 4.78 is 0. The predicted octanol–water partition coefficient (Wildman–Crippen LogP) is 2.96. The zero-order valence-electron chi connectivity index (χ0n) is 15.0. The first-order chi connectivity index (χ1) is 13.1. The van der Waals surface area contributed by atoms with Gasteiger partial charge < -0.3 is 10.6 Å². The largest absolute Gasteiger partial charge is 0.352 e. The molecule has 136 valence electrons. The summed E-state index contributed by atoms with van der Waals surface area (Å²) in [5.41, 5.74) is 4.24. The summed E-state index contributed by atoms with van der Waals surface area (Å²) in [6.45, 7) is 1.85. The third kappa shape index (κ3) is 5.22. The molecule has 0 bridgehead atoms. The van der Waals surface area contributed by atoms with Crippen molar-refractivity contribution in [2.75, 3.05) is 5.32 Å². The van der Waals surface area contributed by atoms with Gasteiger partial charge in [0.1, 0.15) is 0 Å². The third-order valence-corrected chi connectivity index (χ3v) is 3.94. The monoisotopic (exact) mass is 360 g/mol. The van der Waals surface area contributed by atoms with Gasteiger partial charge in [0, 0.05) is 43.3 Å². The number of hydrogen-bond donors (Lipinski definition) is 2. The van der Waals surface area contributed by atoms with Crippen LogP contribution in [0.4, 0.5) is 5.69 Å². The van der Waals surface area contributed by atoms with Gasteiger partial charge in [-0.2, -0.15) is 0 Å². The van der Waals surface area contributed by atoms with Crippen LogP contribution in [-0.2, 0) is 22.6 Å². The van der Waals surface area contributed by atoms with E-state index in [1.165, 1.54) is 6.92 Å². The fourth-order valence-electron chi connectivity index (χ4n) is 2.69. The highest BCUT2D eigenvalue weighted by molar-refractivity contribution is 5.88. The Morgan fingerprint density at radius 3 is 2.48 bits per heavy atom. The maximum atomic E-state index is 12.3. The van der Waals surface area contributed by atoms with Gasteiger partial charge in [-0.3, -0.25) is 19.6 Å². The molecule has 6 heteroatoms. The van der Waals surface area contributed by atoms with E-state index >= 15 is 0 Å². The number of carbonyl (C=O) groups is 2. The van der Waals surface area contributed by atoms with Crippen LogP contribution in [0.3, 0.4) is 0 Å². The van der Waals surface area contributed by atoms with Crippen LogP contribution in [0.5, 0.6) is 0 Å². The fourth-order valence-corrected chi connectivity index (χ4v) is 2.69. The van der Waals surface area contributed by atoms with Gasteiger partial charge in [0.05, 0.1) is 12.1 Å². The molecule has 0 saturated carbocycles. The number of nitrogens with one attached hydrogen (secondary N) is 2. The molecule has 2 heterocycles. The molecule has 0 saturated heterocycles. The first-order valence-electron chi connectivity index (χ1n) is 8.59. The summed E-state index contributed by atoms with van der Waals surface area (Å²) in [6, 6.07) is 14.8. The quantitative estimate of drug-likeness (QED) is 0.708. The molecule has 27 heavy (non-hydrogen) atoms. The molecule has 0 aliphatic rings. The van der Waals surface area contributed by atoms with Gasteiger partial charge in [-0.15, -0.1) is 0 Å². The lowest BCUT2D eigenvalue weighted by molar-refractivity contribution is -0.120. The first kappa shape index (κ1) is 18.3. The van der Waals surface area contributed by atoms with Gasteiger partial charge >= 0.3 is 0 Å². The minimum absolute atomic E-state index is 0.0803. The highest BCUT2D eigenvalue weighted by Gasteiger charge is 2.09. The maximum Gasteiger partial charge on any atom is 0.224 e. The lowest BCUT2D eigenvalue weighted by atomic mass is 10.1. The van der Waals surface area contributed by atoms with Crippen molar-refractivity contribution in [3.05, 3.63) is 78.2 Å². The molecule has 0 atom stereocenters. The normalized spacial score (nSPS) is 10.3. The maximum absolute atomic E-state index is 12.3. The number of rotatable bonds is 6. The molecular weight excluding hydrogens is 340 g/mol. The van der Waals surface area contributed by atoms with Crippen LogP contribution in [0.25, 0.3) is 11.3 Å². The van der Waals surface area contributed by atoms with Gasteiger partial charge in [-0.25, -0.2) is 0 Å². The van der Waals surface area contributed by atoms with Gasteiger partial charge in [0.25, 0.3) is 0 Å². The lowest BCUT2D eigenvalue weighted by Gasteiger charge is -2.10. The van der Waals surface area contributed by atoms with E-state index in [0.717, 1.165) is 22.4 Å². The topological polar surface area (TPSA) is 84.0 Å². The van der Waals surface area contributed by atoms with Crippen molar-refractivity contribution in [1.82, 2.24) is 15.3 Å². The number of aromatic nitrogens is 2. The summed E-state index contributed by atoms with van der Waals surface area (Å²) in [5, 5.41) is 5.64. The molecule has 2 aromatic heterocycles. The highest BCUT2D eigenvalue weighted by atomic mass is 16.2. The van der Waals surface area contributed by atoms with Crippen LogP contribution < -0.4 is 10.6 Å². The number of hydrogen-bond acceptors (Lipinski definition) is 4. The zero-order valence-corrected chi connectivity index (χ0v) is 15.0. The summed E-state index contributed by atoms with van der Waals surface area (Å²) in [4.78, 5) is 31.9. The van der Waals surface area contributed by atoms with Gasteiger partial charge in [-0.1, -0.05) is 18.2 Å². The Bertz CT molecular complexity index is 924. The molecule has 0 spiro atoms. The number of benzene rings is 1. The van der Waals surface area contributed by atoms with Crippen molar-refractivity contribution in [3.8, 4) is 11.3 Å². The van der Waals surface area contributed by atoms with Crippen LogP contribution in [0.1, 0.15) is 18.1 Å². The number of amides is 2. The average Bonchev–Trinajstić information content (AvgIpc) is 2.68. The minimum Gasteiger partial charge on any atom is -0.352 e. The Kier molecular flexibility index (Phi) is 5.89. The molecule has 0 radical (unpaired) electrons. The lowest BCUT2D eigenvalue weighted by Crippen LogP contribution is -2.25. The minimum atomic E-state index is -0.124. The van der Waals surface area contributed by atoms with Gasteiger partial charge in [0.15, 0.2) is 0 Å². The van der Waals surface area contributed by atoms with E-state index in [9.17, 15) is 9.59 Å². The number of carbonyl (C=O) groups excluding carboxylic acids is 2. The van der Waals surface area contributed by atoms with Crippen LogP contribution in [0, 0.1) is 0 Å². The van der Waals surface area contributed by atoms with Crippen LogP contribution in [0.15, 0.2) is 67.1 Å². The third-order valence-electron chi connectivity index (χ3n) is 3.94. The highest BCUT2D eigenvalue weighted by Crippen LogP contribution is 2.19. The smallest absolute Gasteiger partial charge is 0.224 e. The van der Waals surface area contributed by atoms with Gasteiger partial charge in [0.2, 0.25) is 11.8 Å². The second-order valence-electron chi connectivity index (χ2n) is 6.08. The Balaban J connectivity index is 1.61. The summed E-state index contributed by atoms with van der Waals surface area (Å²) in [7, 11) is 0. The molecule has 0 aliphatic carbocycles. The number of pyridine rings is 2. The van der Waals surface area contributed by atoms with Crippen molar-refractivity contribution in [2.45, 2.75) is 19.9 Å². The second kappa shape index (κ2) is 8.71. The predicted molar refractivity (Wildman–Crippen MR) is 104 cm³/mol. The second-order valence-corrected chi connectivity index (χ2v) is 6.08. The summed E-state index contributed by atoms with van der Waals surface area (Å²) in [5.74, 6) is -0.204. The van der Waals surface area contributed by atoms with Gasteiger partial charge in [-0.05, 0) is 41.5 Å². The van der Waals surface area contributed by atoms with E-state index in [4.69, 9.17) is 0 Å². The standard InChI is InChI=1S/C21H20N4O2/c1-15(26)25-19-8-6-16(7-9-19)12-20(27)24-14-18-5-3-11-23-21(18)17-4-2-10-22-13-17/h2-11,13H,12,14H2,1H3,(H,24,27)(H,25,26). The van der Waals surface area contributed by atoms with Crippen LogP contribution in [0.2, 0.25) is 0 Å². The molecule has 0 fully saturated rings. The van der Waals surface area contributed by atoms with E-state index in [1.54, 1.807) is 30.7 Å². The van der Waals surface area contributed by atoms with Crippen molar-refractivity contribution in [2.24, 2.45) is 0 Å².